The lowest BCUT2D eigenvalue weighted by molar-refractivity contribution is -0.133. The van der Waals surface area contributed by atoms with Gasteiger partial charge in [-0.3, -0.25) is 4.79 Å². The molecular weight excluding hydrogens is 302 g/mol. The van der Waals surface area contributed by atoms with Crippen LogP contribution in [0.5, 0.6) is 0 Å². The Hall–Kier alpha value is -0.360. The fourth-order valence-corrected chi connectivity index (χ4v) is 2.66. The summed E-state index contributed by atoms with van der Waals surface area (Å²) in [6, 6.07) is -0.371. The summed E-state index contributed by atoms with van der Waals surface area (Å²) in [6.45, 7) is 13.7. The second kappa shape index (κ2) is 11.2. The lowest BCUT2D eigenvalue weighted by Gasteiger charge is -2.24. The van der Waals surface area contributed by atoms with Crippen LogP contribution in [0.4, 0.5) is 0 Å². The highest BCUT2D eigenvalue weighted by atomic mass is 35.5. The van der Waals surface area contributed by atoms with Crippen LogP contribution >= 0.6 is 12.4 Å². The molecule has 1 amide bonds. The van der Waals surface area contributed by atoms with Gasteiger partial charge < -0.3 is 20.3 Å². The first-order chi connectivity index (χ1) is 10.0. The molecule has 3 atom stereocenters. The number of likely N-dealkylation sites (tertiary alicyclic amines) is 1. The molecule has 0 radical (unpaired) electrons. The third-order valence-electron chi connectivity index (χ3n) is 4.65. The standard InChI is InChI=1S/C16H33N3O2.ClH/c1-5-13(4)15(17)16(20)19-9-8-14(12-19)21-11-10-18(6-2)7-3;/h13-15H,5-12,17H2,1-4H3;1H. The smallest absolute Gasteiger partial charge is 0.239 e. The third-order valence-corrected chi connectivity index (χ3v) is 4.65. The molecule has 0 aromatic carbocycles. The summed E-state index contributed by atoms with van der Waals surface area (Å²) in [6.07, 6.45) is 2.04. The van der Waals surface area contributed by atoms with Gasteiger partial charge >= 0.3 is 0 Å². The number of ether oxygens (including phenoxy) is 1. The van der Waals surface area contributed by atoms with E-state index in [1.54, 1.807) is 0 Å². The van der Waals surface area contributed by atoms with Gasteiger partial charge in [0.25, 0.3) is 0 Å². The molecule has 0 spiro atoms. The lowest BCUT2D eigenvalue weighted by atomic mass is 9.99. The van der Waals surface area contributed by atoms with Crippen LogP contribution in [0, 0.1) is 5.92 Å². The zero-order valence-corrected chi connectivity index (χ0v) is 15.4. The van der Waals surface area contributed by atoms with Crippen LogP contribution in [0.3, 0.4) is 0 Å². The number of halogens is 1. The van der Waals surface area contributed by atoms with Crippen molar-refractivity contribution >= 4 is 18.3 Å². The topological polar surface area (TPSA) is 58.8 Å². The van der Waals surface area contributed by atoms with E-state index in [1.807, 2.05) is 11.8 Å². The number of amides is 1. The second-order valence-corrected chi connectivity index (χ2v) is 6.00. The number of hydrogen-bond acceptors (Lipinski definition) is 4. The molecule has 5 nitrogen and oxygen atoms in total. The van der Waals surface area contributed by atoms with Crippen LogP contribution in [0.2, 0.25) is 0 Å². The van der Waals surface area contributed by atoms with Crippen molar-refractivity contribution in [1.82, 2.24) is 9.80 Å². The summed E-state index contributed by atoms with van der Waals surface area (Å²) >= 11 is 0. The first-order valence-electron chi connectivity index (χ1n) is 8.41. The van der Waals surface area contributed by atoms with E-state index >= 15 is 0 Å². The van der Waals surface area contributed by atoms with Crippen molar-refractivity contribution < 1.29 is 9.53 Å². The molecule has 1 saturated heterocycles. The van der Waals surface area contributed by atoms with Gasteiger partial charge in [0.15, 0.2) is 0 Å². The molecule has 0 saturated carbocycles. The Morgan fingerprint density at radius 3 is 2.55 bits per heavy atom. The Labute approximate surface area is 141 Å². The molecule has 6 heteroatoms. The van der Waals surface area contributed by atoms with Gasteiger partial charge in [0.05, 0.1) is 18.8 Å². The second-order valence-electron chi connectivity index (χ2n) is 6.00. The number of nitrogens with zero attached hydrogens (tertiary/aromatic N) is 2. The minimum atomic E-state index is -0.371. The number of nitrogens with two attached hydrogens (primary N) is 1. The fraction of sp³-hybridized carbons (Fsp3) is 0.938. The SMILES string of the molecule is CCC(C)C(N)C(=O)N1CCC(OCCN(CC)CC)C1.Cl. The van der Waals surface area contributed by atoms with E-state index < -0.39 is 0 Å². The molecular formula is C16H34ClN3O2. The van der Waals surface area contributed by atoms with Crippen LogP contribution in [0.25, 0.3) is 0 Å². The van der Waals surface area contributed by atoms with E-state index in [4.69, 9.17) is 10.5 Å². The van der Waals surface area contributed by atoms with Gasteiger partial charge in [-0.2, -0.15) is 0 Å². The lowest BCUT2D eigenvalue weighted by Crippen LogP contribution is -2.46. The normalized spacial score (nSPS) is 20.8. The Morgan fingerprint density at radius 1 is 1.36 bits per heavy atom. The van der Waals surface area contributed by atoms with Gasteiger partial charge in [-0.05, 0) is 25.4 Å². The molecule has 132 valence electrons. The van der Waals surface area contributed by atoms with Crippen LogP contribution in [-0.4, -0.2) is 67.2 Å². The van der Waals surface area contributed by atoms with Crippen molar-refractivity contribution in [3.63, 3.8) is 0 Å². The summed E-state index contributed by atoms with van der Waals surface area (Å²) in [4.78, 5) is 16.5. The van der Waals surface area contributed by atoms with Crippen molar-refractivity contribution in [3.05, 3.63) is 0 Å². The molecule has 0 aromatic heterocycles. The molecule has 22 heavy (non-hydrogen) atoms. The van der Waals surface area contributed by atoms with Crippen molar-refractivity contribution in [2.75, 3.05) is 39.3 Å². The van der Waals surface area contributed by atoms with Crippen LogP contribution < -0.4 is 5.73 Å². The molecule has 1 heterocycles. The molecule has 1 aliphatic rings. The van der Waals surface area contributed by atoms with E-state index in [2.05, 4.69) is 25.7 Å². The predicted molar refractivity (Wildman–Crippen MR) is 93.4 cm³/mol. The number of carbonyl (C=O) groups excluding carboxylic acids is 1. The van der Waals surface area contributed by atoms with Gasteiger partial charge in [-0.25, -0.2) is 0 Å². The van der Waals surface area contributed by atoms with Crippen LogP contribution in [-0.2, 0) is 9.53 Å². The molecule has 0 bridgehead atoms. The Bertz CT molecular complexity index is 314. The van der Waals surface area contributed by atoms with Gasteiger partial charge in [0.2, 0.25) is 5.91 Å². The third kappa shape index (κ3) is 6.41. The maximum absolute atomic E-state index is 12.3. The largest absolute Gasteiger partial charge is 0.375 e. The van der Waals surface area contributed by atoms with Gasteiger partial charge in [-0.1, -0.05) is 34.1 Å². The summed E-state index contributed by atoms with van der Waals surface area (Å²) in [7, 11) is 0. The maximum atomic E-state index is 12.3. The molecule has 0 aliphatic carbocycles. The zero-order chi connectivity index (χ0) is 15.8. The highest BCUT2D eigenvalue weighted by molar-refractivity contribution is 5.85. The van der Waals surface area contributed by atoms with Crippen molar-refractivity contribution in [3.8, 4) is 0 Å². The number of carbonyl (C=O) groups is 1. The minimum absolute atomic E-state index is 0. The summed E-state index contributed by atoms with van der Waals surface area (Å²) in [5, 5.41) is 0. The summed E-state index contributed by atoms with van der Waals surface area (Å²) in [5.41, 5.74) is 6.03. The van der Waals surface area contributed by atoms with E-state index in [0.717, 1.165) is 45.6 Å². The predicted octanol–water partition coefficient (Wildman–Crippen LogP) is 1.74. The van der Waals surface area contributed by atoms with E-state index in [0.29, 0.717) is 6.54 Å². The summed E-state index contributed by atoms with van der Waals surface area (Å²) in [5.74, 6) is 0.319. The number of likely N-dealkylation sites (N-methyl/N-ethyl adjacent to an activating group) is 1. The van der Waals surface area contributed by atoms with Crippen molar-refractivity contribution in [1.29, 1.82) is 0 Å². The van der Waals surface area contributed by atoms with Crippen molar-refractivity contribution in [2.45, 2.75) is 52.7 Å². The Morgan fingerprint density at radius 2 is 2.00 bits per heavy atom. The maximum Gasteiger partial charge on any atom is 0.239 e. The van der Waals surface area contributed by atoms with E-state index in [-0.39, 0.29) is 36.4 Å². The highest BCUT2D eigenvalue weighted by Gasteiger charge is 2.31. The van der Waals surface area contributed by atoms with Gasteiger partial charge in [0, 0.05) is 19.6 Å². The first kappa shape index (κ1) is 21.6. The molecule has 0 aromatic rings. The van der Waals surface area contributed by atoms with Crippen LogP contribution in [0.15, 0.2) is 0 Å². The Balaban J connectivity index is 0.00000441. The molecule has 2 N–H and O–H groups in total. The molecule has 1 aliphatic heterocycles. The fourth-order valence-electron chi connectivity index (χ4n) is 2.66. The van der Waals surface area contributed by atoms with Gasteiger partial charge in [-0.15, -0.1) is 12.4 Å². The van der Waals surface area contributed by atoms with Crippen LogP contribution in [0.1, 0.15) is 40.5 Å². The first-order valence-corrected chi connectivity index (χ1v) is 8.41. The molecule has 3 unspecified atom stereocenters. The van der Waals surface area contributed by atoms with Gasteiger partial charge in [0.1, 0.15) is 0 Å². The molecule has 1 rings (SSSR count). The van der Waals surface area contributed by atoms with Crippen molar-refractivity contribution in [2.24, 2.45) is 11.7 Å². The van der Waals surface area contributed by atoms with E-state index in [9.17, 15) is 4.79 Å². The average Bonchev–Trinajstić information content (AvgIpc) is 2.98. The number of rotatable bonds is 9. The minimum Gasteiger partial charge on any atom is -0.375 e. The summed E-state index contributed by atoms with van der Waals surface area (Å²) < 4.78 is 5.91. The van der Waals surface area contributed by atoms with E-state index in [1.165, 1.54) is 0 Å². The number of hydrogen-bond donors (Lipinski definition) is 1. The average molecular weight is 336 g/mol. The highest BCUT2D eigenvalue weighted by Crippen LogP contribution is 2.16. The zero-order valence-electron chi connectivity index (χ0n) is 14.6. The monoisotopic (exact) mass is 335 g/mol. The molecule has 1 fully saturated rings. The Kier molecular flexibility index (Phi) is 11.0. The quantitative estimate of drug-likeness (QED) is 0.697.